The van der Waals surface area contributed by atoms with Gasteiger partial charge >= 0.3 is 0 Å². The van der Waals surface area contributed by atoms with E-state index in [4.69, 9.17) is 0 Å². The molecule has 3 unspecified atom stereocenters. The maximum Gasteiger partial charge on any atom is 0.251 e. The van der Waals surface area contributed by atoms with E-state index in [-0.39, 0.29) is 41.0 Å². The molecule has 2 aromatic carbocycles. The summed E-state index contributed by atoms with van der Waals surface area (Å²) >= 11 is 5.53. The molecule has 2 aromatic rings. The van der Waals surface area contributed by atoms with Crippen LogP contribution in [-0.4, -0.2) is 87.9 Å². The predicted molar refractivity (Wildman–Crippen MR) is 192 cm³/mol. The average Bonchev–Trinajstić information content (AvgIpc) is 3.66. The number of hydrogen-bond acceptors (Lipinski definition) is 6. The van der Waals surface area contributed by atoms with Crippen LogP contribution in [0.3, 0.4) is 0 Å². The van der Waals surface area contributed by atoms with E-state index >= 15 is 0 Å². The Morgan fingerprint density at radius 3 is 2.13 bits per heavy atom. The number of nitrogens with zero attached hydrogens (tertiary/aromatic N) is 4. The normalized spacial score (nSPS) is 26.1. The number of aliphatic hydroxyl groups excluding tert-OH is 1. The number of anilines is 3. The van der Waals surface area contributed by atoms with Gasteiger partial charge in [0.2, 0.25) is 11.8 Å². The second-order valence-electron chi connectivity index (χ2n) is 12.1. The molecular weight excluding hydrogens is 664 g/mol. The number of likely N-dealkylation sites (tertiary alicyclic amines) is 1. The van der Waals surface area contributed by atoms with Crippen molar-refractivity contribution in [3.05, 3.63) is 79.9 Å². The van der Waals surface area contributed by atoms with Crippen molar-refractivity contribution >= 4 is 62.5 Å². The van der Waals surface area contributed by atoms with Crippen LogP contribution >= 0.6 is 27.7 Å². The van der Waals surface area contributed by atoms with Gasteiger partial charge in [-0.2, -0.15) is 0 Å². The molecule has 1 N–H and O–H groups in total. The first-order valence-electron chi connectivity index (χ1n) is 16.3. The van der Waals surface area contributed by atoms with E-state index < -0.39 is 22.6 Å². The van der Waals surface area contributed by atoms with Crippen LogP contribution in [0, 0.1) is 11.8 Å². The fourth-order valence-corrected chi connectivity index (χ4v) is 11.2. The third kappa shape index (κ3) is 6.04. The number of aliphatic hydroxyl groups is 1. The Morgan fingerprint density at radius 2 is 1.54 bits per heavy atom. The Morgan fingerprint density at radius 1 is 0.957 bits per heavy atom. The molecule has 246 valence electrons. The third-order valence-corrected chi connectivity index (χ3v) is 12.8. The molecule has 3 heterocycles. The molecule has 6 atom stereocenters. The van der Waals surface area contributed by atoms with E-state index in [1.54, 1.807) is 38.6 Å². The minimum absolute atomic E-state index is 0.00564. The van der Waals surface area contributed by atoms with Crippen LogP contribution < -0.4 is 14.7 Å². The number of para-hydroxylation sites is 1. The SMILES string of the molecule is C=CCN(C(=O)C1N(CCCCO)C(=O)[C@@H]2[C@H](C(=O)N(CC=C)c3ccccc3)[C@H]3SC12CC3Br)c1ccc(N(CC)CC)cc1. The van der Waals surface area contributed by atoms with Crippen LogP contribution in [-0.2, 0) is 14.4 Å². The number of amides is 3. The summed E-state index contributed by atoms with van der Waals surface area (Å²) in [5.74, 6) is -1.67. The van der Waals surface area contributed by atoms with Crippen molar-refractivity contribution in [2.75, 3.05) is 54.0 Å². The van der Waals surface area contributed by atoms with Crippen molar-refractivity contribution < 1.29 is 19.5 Å². The monoisotopic (exact) mass is 708 g/mol. The first-order valence-corrected chi connectivity index (χ1v) is 18.0. The fourth-order valence-electron chi connectivity index (χ4n) is 7.60. The van der Waals surface area contributed by atoms with Gasteiger partial charge < -0.3 is 24.7 Å². The van der Waals surface area contributed by atoms with Crippen molar-refractivity contribution in [1.29, 1.82) is 0 Å². The second kappa shape index (κ2) is 14.8. The number of carbonyl (C=O) groups is 3. The van der Waals surface area contributed by atoms with Crippen molar-refractivity contribution in [2.24, 2.45) is 11.8 Å². The summed E-state index contributed by atoms with van der Waals surface area (Å²) < 4.78 is -0.774. The van der Waals surface area contributed by atoms with E-state index in [1.807, 2.05) is 54.6 Å². The third-order valence-electron chi connectivity index (χ3n) is 9.63. The van der Waals surface area contributed by atoms with Crippen molar-refractivity contribution in [3.8, 4) is 0 Å². The molecule has 46 heavy (non-hydrogen) atoms. The summed E-state index contributed by atoms with van der Waals surface area (Å²) in [7, 11) is 0. The molecule has 1 spiro atoms. The van der Waals surface area contributed by atoms with Crippen LogP contribution in [0.25, 0.3) is 0 Å². The van der Waals surface area contributed by atoms with E-state index in [9.17, 15) is 19.5 Å². The number of unbranched alkanes of at least 4 members (excludes halogenated alkanes) is 1. The number of carbonyl (C=O) groups excluding carboxylic acids is 3. The summed E-state index contributed by atoms with van der Waals surface area (Å²) in [5, 5.41) is 9.40. The second-order valence-corrected chi connectivity index (χ2v) is 14.8. The Balaban J connectivity index is 1.55. The zero-order valence-corrected chi connectivity index (χ0v) is 29.2. The largest absolute Gasteiger partial charge is 0.396 e. The number of benzene rings is 2. The molecule has 3 aliphatic heterocycles. The molecular formula is C36H45BrN4O4S. The molecule has 0 saturated carbocycles. The van der Waals surface area contributed by atoms with Gasteiger partial charge in [-0.3, -0.25) is 14.4 Å². The lowest BCUT2D eigenvalue weighted by atomic mass is 9.70. The van der Waals surface area contributed by atoms with Crippen LogP contribution in [0.1, 0.15) is 33.1 Å². The van der Waals surface area contributed by atoms with Gasteiger partial charge in [0.05, 0.1) is 16.6 Å². The van der Waals surface area contributed by atoms with Gasteiger partial charge in [-0.25, -0.2) is 0 Å². The highest BCUT2D eigenvalue weighted by Crippen LogP contribution is 2.68. The van der Waals surface area contributed by atoms with Gasteiger partial charge in [0.25, 0.3) is 5.91 Å². The number of fused-ring (bicyclic) bond motifs is 1. The van der Waals surface area contributed by atoms with E-state index in [0.717, 1.165) is 30.2 Å². The lowest BCUT2D eigenvalue weighted by Gasteiger charge is -2.38. The lowest BCUT2D eigenvalue weighted by Crippen LogP contribution is -2.56. The number of alkyl halides is 1. The van der Waals surface area contributed by atoms with Crippen molar-refractivity contribution in [2.45, 2.75) is 54.0 Å². The molecule has 0 radical (unpaired) electrons. The Bertz CT molecular complexity index is 1420. The van der Waals surface area contributed by atoms with Crippen LogP contribution in [0.15, 0.2) is 79.9 Å². The maximum absolute atomic E-state index is 14.9. The van der Waals surface area contributed by atoms with Gasteiger partial charge in [0.1, 0.15) is 6.04 Å². The summed E-state index contributed by atoms with van der Waals surface area (Å²) in [5.41, 5.74) is 2.57. The Labute approximate surface area is 285 Å². The molecule has 3 saturated heterocycles. The zero-order valence-electron chi connectivity index (χ0n) is 26.8. The van der Waals surface area contributed by atoms with Crippen molar-refractivity contribution in [1.82, 2.24) is 4.90 Å². The van der Waals surface area contributed by atoms with Gasteiger partial charge in [-0.15, -0.1) is 24.9 Å². The predicted octanol–water partition coefficient (Wildman–Crippen LogP) is 5.51. The standard InChI is InChI=1S/C36H45BrN4O4S/c1-5-20-39(26-14-10-9-11-15-26)33(43)29-30-34(44)41(22-12-13-23-42)32(36(30)24-28(37)31(29)46-36)35(45)40(21-6-2)27-18-16-25(17-19-27)38(7-3)8-4/h5-6,9-11,14-19,28-32,42H,1-2,7-8,12-13,20-24H2,3-4H3/t28?,29-,30-,31-,32?,36?/m0/s1. The molecule has 8 nitrogen and oxygen atoms in total. The van der Waals surface area contributed by atoms with Gasteiger partial charge in [0, 0.05) is 66.5 Å². The minimum Gasteiger partial charge on any atom is -0.396 e. The van der Waals surface area contributed by atoms with E-state index in [2.05, 4.69) is 47.8 Å². The molecule has 2 bridgehead atoms. The number of hydrogen-bond donors (Lipinski definition) is 1. The maximum atomic E-state index is 14.9. The van der Waals surface area contributed by atoms with E-state index in [1.165, 1.54) is 0 Å². The summed E-state index contributed by atoms with van der Waals surface area (Å²) in [6.07, 6.45) is 5.10. The topological polar surface area (TPSA) is 84.4 Å². The number of halogens is 1. The highest BCUT2D eigenvalue weighted by molar-refractivity contribution is 9.09. The first kappa shape index (κ1) is 34.3. The van der Waals surface area contributed by atoms with E-state index in [0.29, 0.717) is 32.4 Å². The molecule has 3 aliphatic rings. The summed E-state index contributed by atoms with van der Waals surface area (Å²) in [6.45, 7) is 14.8. The Hall–Kier alpha value is -3.08. The molecule has 10 heteroatoms. The molecule has 5 rings (SSSR count). The highest BCUT2D eigenvalue weighted by atomic mass is 79.9. The molecule has 3 fully saturated rings. The average molecular weight is 710 g/mol. The zero-order chi connectivity index (χ0) is 33.0. The van der Waals surface area contributed by atoms with Gasteiger partial charge in [0.15, 0.2) is 0 Å². The summed E-state index contributed by atoms with van der Waals surface area (Å²) in [4.78, 5) is 51.4. The van der Waals surface area contributed by atoms with Crippen LogP contribution in [0.4, 0.5) is 17.1 Å². The highest BCUT2D eigenvalue weighted by Gasteiger charge is 2.76. The smallest absolute Gasteiger partial charge is 0.251 e. The fraction of sp³-hybridized carbons (Fsp3) is 0.472. The molecule has 0 aromatic heterocycles. The van der Waals surface area contributed by atoms with Crippen LogP contribution in [0.5, 0.6) is 0 Å². The first-order chi connectivity index (χ1) is 22.3. The summed E-state index contributed by atoms with van der Waals surface area (Å²) in [6, 6.07) is 16.7. The van der Waals surface area contributed by atoms with Crippen LogP contribution in [0.2, 0.25) is 0 Å². The number of rotatable bonds is 15. The Kier molecular flexibility index (Phi) is 11.0. The van der Waals surface area contributed by atoms with Crippen molar-refractivity contribution in [3.63, 3.8) is 0 Å². The molecule has 3 amide bonds. The lowest BCUT2D eigenvalue weighted by molar-refractivity contribution is -0.139. The minimum atomic E-state index is -0.774. The van der Waals surface area contributed by atoms with Gasteiger partial charge in [-0.1, -0.05) is 46.3 Å². The van der Waals surface area contributed by atoms with Gasteiger partial charge in [-0.05, 0) is 69.5 Å². The number of thioether (sulfide) groups is 1. The molecule has 0 aliphatic carbocycles. The quantitative estimate of drug-likeness (QED) is 0.149.